The quantitative estimate of drug-likeness (QED) is 0.840. The van der Waals surface area contributed by atoms with E-state index in [2.05, 4.69) is 39.8 Å². The van der Waals surface area contributed by atoms with E-state index in [0.29, 0.717) is 13.1 Å². The highest BCUT2D eigenvalue weighted by atomic mass is 16.2. The molecule has 2 heterocycles. The van der Waals surface area contributed by atoms with Gasteiger partial charge in [-0.25, -0.2) is 4.79 Å². The van der Waals surface area contributed by atoms with Crippen LogP contribution in [0, 0.1) is 5.92 Å². The SMILES string of the molecule is O=C(Nc1cccc(N2CCNC2=O)c1)C1CCCN(Cc2ccccc2)C1. The summed E-state index contributed by atoms with van der Waals surface area (Å²) in [4.78, 5) is 28.7. The summed E-state index contributed by atoms with van der Waals surface area (Å²) < 4.78 is 0. The number of urea groups is 1. The molecule has 0 saturated carbocycles. The molecular formula is C22H26N4O2. The molecule has 2 aromatic carbocycles. The average Bonchev–Trinajstić information content (AvgIpc) is 3.15. The van der Waals surface area contributed by atoms with Crippen molar-refractivity contribution in [2.24, 2.45) is 5.92 Å². The Labute approximate surface area is 165 Å². The fraction of sp³-hybridized carbons (Fsp3) is 0.364. The Morgan fingerprint density at radius 1 is 1.11 bits per heavy atom. The van der Waals surface area contributed by atoms with Crippen LogP contribution in [0.4, 0.5) is 16.2 Å². The highest BCUT2D eigenvalue weighted by molar-refractivity contribution is 5.96. The molecule has 1 unspecified atom stereocenters. The van der Waals surface area contributed by atoms with Crippen LogP contribution < -0.4 is 15.5 Å². The van der Waals surface area contributed by atoms with Crippen molar-refractivity contribution >= 4 is 23.3 Å². The minimum atomic E-state index is -0.0905. The minimum Gasteiger partial charge on any atom is -0.336 e. The van der Waals surface area contributed by atoms with Gasteiger partial charge in [0, 0.05) is 37.6 Å². The van der Waals surface area contributed by atoms with Gasteiger partial charge in [-0.15, -0.1) is 0 Å². The fourth-order valence-electron chi connectivity index (χ4n) is 3.97. The van der Waals surface area contributed by atoms with E-state index in [1.54, 1.807) is 4.90 Å². The van der Waals surface area contributed by atoms with Crippen LogP contribution in [0.5, 0.6) is 0 Å². The Kier molecular flexibility index (Phi) is 5.58. The van der Waals surface area contributed by atoms with Gasteiger partial charge in [0.05, 0.1) is 5.92 Å². The second kappa shape index (κ2) is 8.44. The Balaban J connectivity index is 1.37. The zero-order valence-electron chi connectivity index (χ0n) is 15.9. The first-order valence-electron chi connectivity index (χ1n) is 9.91. The predicted molar refractivity (Wildman–Crippen MR) is 110 cm³/mol. The third-order valence-corrected chi connectivity index (χ3v) is 5.41. The van der Waals surface area contributed by atoms with Crippen molar-refractivity contribution < 1.29 is 9.59 Å². The van der Waals surface area contributed by atoms with E-state index in [1.165, 1.54) is 5.56 Å². The maximum absolute atomic E-state index is 12.8. The van der Waals surface area contributed by atoms with E-state index in [9.17, 15) is 9.59 Å². The van der Waals surface area contributed by atoms with E-state index < -0.39 is 0 Å². The van der Waals surface area contributed by atoms with Gasteiger partial charge in [-0.05, 0) is 43.1 Å². The largest absolute Gasteiger partial charge is 0.336 e. The van der Waals surface area contributed by atoms with Gasteiger partial charge in [0.15, 0.2) is 0 Å². The number of piperidine rings is 1. The molecular weight excluding hydrogens is 352 g/mol. The molecule has 2 aliphatic rings. The normalized spacial score (nSPS) is 20.1. The number of carbonyl (C=O) groups is 2. The molecule has 0 aliphatic carbocycles. The zero-order chi connectivity index (χ0) is 19.3. The second-order valence-electron chi connectivity index (χ2n) is 7.48. The molecule has 0 bridgehead atoms. The predicted octanol–water partition coefficient (Wildman–Crippen LogP) is 3.07. The maximum Gasteiger partial charge on any atom is 0.321 e. The molecule has 3 amide bonds. The van der Waals surface area contributed by atoms with Crippen LogP contribution in [0.3, 0.4) is 0 Å². The number of likely N-dealkylation sites (tertiary alicyclic amines) is 1. The van der Waals surface area contributed by atoms with E-state index in [0.717, 1.165) is 43.9 Å². The van der Waals surface area contributed by atoms with Gasteiger partial charge in [-0.3, -0.25) is 14.6 Å². The van der Waals surface area contributed by atoms with E-state index in [1.807, 2.05) is 30.3 Å². The van der Waals surface area contributed by atoms with Crippen molar-refractivity contribution in [3.05, 3.63) is 60.2 Å². The number of anilines is 2. The van der Waals surface area contributed by atoms with Gasteiger partial charge in [0.2, 0.25) is 5.91 Å². The first-order valence-corrected chi connectivity index (χ1v) is 9.91. The topological polar surface area (TPSA) is 64.7 Å². The summed E-state index contributed by atoms with van der Waals surface area (Å²) in [5.41, 5.74) is 2.82. The van der Waals surface area contributed by atoms with Crippen LogP contribution in [0.15, 0.2) is 54.6 Å². The molecule has 2 fully saturated rings. The number of hydrogen-bond donors (Lipinski definition) is 2. The molecule has 146 valence electrons. The lowest BCUT2D eigenvalue weighted by Crippen LogP contribution is -2.40. The summed E-state index contributed by atoms with van der Waals surface area (Å²) in [5.74, 6) is 0.0389. The first kappa shape index (κ1) is 18.5. The van der Waals surface area contributed by atoms with Crippen molar-refractivity contribution in [2.75, 3.05) is 36.4 Å². The lowest BCUT2D eigenvalue weighted by Gasteiger charge is -2.32. The number of nitrogens with one attached hydrogen (secondary N) is 2. The molecule has 6 heteroatoms. The van der Waals surface area contributed by atoms with Gasteiger partial charge < -0.3 is 10.6 Å². The summed E-state index contributed by atoms with van der Waals surface area (Å²) in [5, 5.41) is 5.85. The van der Waals surface area contributed by atoms with E-state index in [-0.39, 0.29) is 17.9 Å². The van der Waals surface area contributed by atoms with Crippen LogP contribution in [0.2, 0.25) is 0 Å². The van der Waals surface area contributed by atoms with Crippen molar-refractivity contribution in [2.45, 2.75) is 19.4 Å². The second-order valence-corrected chi connectivity index (χ2v) is 7.48. The summed E-state index contributed by atoms with van der Waals surface area (Å²) in [6.45, 7) is 3.97. The zero-order valence-corrected chi connectivity index (χ0v) is 15.9. The summed E-state index contributed by atoms with van der Waals surface area (Å²) >= 11 is 0. The molecule has 2 N–H and O–H groups in total. The standard InChI is InChI=1S/C22H26N4O2/c27-21(18-8-5-12-25(16-18)15-17-6-2-1-3-7-17)24-19-9-4-10-20(14-19)26-13-11-23-22(26)28/h1-4,6-7,9-10,14,18H,5,8,11-13,15-16H2,(H,23,28)(H,24,27). The van der Waals surface area contributed by atoms with Gasteiger partial charge >= 0.3 is 6.03 Å². The Morgan fingerprint density at radius 3 is 2.75 bits per heavy atom. The number of hydrogen-bond acceptors (Lipinski definition) is 3. The van der Waals surface area contributed by atoms with Crippen molar-refractivity contribution in [3.8, 4) is 0 Å². The lowest BCUT2D eigenvalue weighted by atomic mass is 9.96. The molecule has 2 saturated heterocycles. The molecule has 6 nitrogen and oxygen atoms in total. The molecule has 0 radical (unpaired) electrons. The first-order chi connectivity index (χ1) is 13.7. The number of rotatable bonds is 5. The van der Waals surface area contributed by atoms with Crippen LogP contribution >= 0.6 is 0 Å². The van der Waals surface area contributed by atoms with Crippen molar-refractivity contribution in [3.63, 3.8) is 0 Å². The highest BCUT2D eigenvalue weighted by Crippen LogP contribution is 2.24. The molecule has 0 spiro atoms. The summed E-state index contributed by atoms with van der Waals surface area (Å²) in [7, 11) is 0. The highest BCUT2D eigenvalue weighted by Gasteiger charge is 2.26. The molecule has 2 aromatic rings. The molecule has 1 atom stereocenters. The van der Waals surface area contributed by atoms with Crippen LogP contribution in [-0.4, -0.2) is 43.0 Å². The van der Waals surface area contributed by atoms with E-state index in [4.69, 9.17) is 0 Å². The molecule has 28 heavy (non-hydrogen) atoms. The smallest absolute Gasteiger partial charge is 0.321 e. The van der Waals surface area contributed by atoms with Gasteiger partial charge in [0.1, 0.15) is 0 Å². The van der Waals surface area contributed by atoms with E-state index >= 15 is 0 Å². The third kappa shape index (κ3) is 4.34. The fourth-order valence-corrected chi connectivity index (χ4v) is 3.97. The van der Waals surface area contributed by atoms with Gasteiger partial charge in [-0.1, -0.05) is 36.4 Å². The Bertz CT molecular complexity index is 839. The number of nitrogens with zero attached hydrogens (tertiary/aromatic N) is 2. The lowest BCUT2D eigenvalue weighted by molar-refractivity contribution is -0.121. The minimum absolute atomic E-state index is 0.0174. The molecule has 2 aliphatic heterocycles. The molecule has 4 rings (SSSR count). The monoisotopic (exact) mass is 378 g/mol. The summed E-state index contributed by atoms with van der Waals surface area (Å²) in [6.07, 6.45) is 1.93. The maximum atomic E-state index is 12.8. The third-order valence-electron chi connectivity index (χ3n) is 5.41. The van der Waals surface area contributed by atoms with Crippen LogP contribution in [0.25, 0.3) is 0 Å². The Morgan fingerprint density at radius 2 is 1.96 bits per heavy atom. The average molecular weight is 378 g/mol. The van der Waals surface area contributed by atoms with Gasteiger partial charge in [0.25, 0.3) is 0 Å². The van der Waals surface area contributed by atoms with Crippen LogP contribution in [0.1, 0.15) is 18.4 Å². The Hall–Kier alpha value is -2.86. The number of benzene rings is 2. The number of carbonyl (C=O) groups excluding carboxylic acids is 2. The molecule has 0 aromatic heterocycles. The summed E-state index contributed by atoms with van der Waals surface area (Å²) in [6, 6.07) is 17.8. The van der Waals surface area contributed by atoms with Crippen LogP contribution in [-0.2, 0) is 11.3 Å². The van der Waals surface area contributed by atoms with Crippen molar-refractivity contribution in [1.82, 2.24) is 10.2 Å². The van der Waals surface area contributed by atoms with Gasteiger partial charge in [-0.2, -0.15) is 0 Å². The van der Waals surface area contributed by atoms with Crippen molar-refractivity contribution in [1.29, 1.82) is 0 Å². The number of amides is 3.